The van der Waals surface area contributed by atoms with Crippen LogP contribution in [0.1, 0.15) is 58.1 Å². The van der Waals surface area contributed by atoms with Crippen LogP contribution >= 0.6 is 0 Å². The number of fused-ring (bicyclic) bond motifs is 5. The molecule has 2 amide bonds. The van der Waals surface area contributed by atoms with Crippen molar-refractivity contribution >= 4 is 31.7 Å². The van der Waals surface area contributed by atoms with E-state index in [0.717, 1.165) is 40.8 Å². The number of carbonyl (C=O) groups is 2. The molecule has 0 aliphatic carbocycles. The number of anilines is 2. The van der Waals surface area contributed by atoms with Gasteiger partial charge in [0.1, 0.15) is 24.1 Å². The third-order valence-electron chi connectivity index (χ3n) is 10.7. The molecule has 3 aromatic carbocycles. The second-order valence-electron chi connectivity index (χ2n) is 15.1. The van der Waals surface area contributed by atoms with Crippen LogP contribution in [0, 0.1) is 0 Å². The van der Waals surface area contributed by atoms with Gasteiger partial charge in [0.2, 0.25) is 5.91 Å². The summed E-state index contributed by atoms with van der Waals surface area (Å²) in [5, 5.41) is 6.17. The van der Waals surface area contributed by atoms with E-state index in [0.29, 0.717) is 43.1 Å². The van der Waals surface area contributed by atoms with Crippen molar-refractivity contribution in [3.63, 3.8) is 0 Å². The Bertz CT molecular complexity index is 1640. The van der Waals surface area contributed by atoms with Gasteiger partial charge in [-0.25, -0.2) is 4.79 Å². The van der Waals surface area contributed by atoms with Crippen LogP contribution in [0.4, 0.5) is 16.2 Å². The van der Waals surface area contributed by atoms with E-state index in [-0.39, 0.29) is 35.7 Å². The maximum atomic E-state index is 13.2. The van der Waals surface area contributed by atoms with Crippen molar-refractivity contribution < 1.29 is 28.2 Å². The SMILES string of the molecule is CCOc1cc(NC(=O)CCc2ccc(-c3ccccc3)c(NC(=O)OC3C[C@@H]4[C@H]5O[C@H]5[C@H](C3)N4C)c2)ccc1CO[Si](C)(C)C(C)(C)C. The van der Waals surface area contributed by atoms with Crippen molar-refractivity contribution in [3.05, 3.63) is 77.9 Å². The number of piperidine rings is 1. The maximum Gasteiger partial charge on any atom is 0.411 e. The highest BCUT2D eigenvalue weighted by Gasteiger charge is 2.62. The quantitative estimate of drug-likeness (QED) is 0.147. The number of nitrogens with one attached hydrogen (secondary N) is 2. The molecule has 2 bridgehead atoms. The lowest BCUT2D eigenvalue weighted by Gasteiger charge is -2.37. The van der Waals surface area contributed by atoms with Crippen molar-refractivity contribution in [1.82, 2.24) is 4.90 Å². The third-order valence-corrected chi connectivity index (χ3v) is 15.2. The number of rotatable bonds is 12. The van der Waals surface area contributed by atoms with E-state index in [1.54, 1.807) is 0 Å². The Balaban J connectivity index is 1.09. The predicted molar refractivity (Wildman–Crippen MR) is 196 cm³/mol. The van der Waals surface area contributed by atoms with Gasteiger partial charge in [0.05, 0.1) is 18.9 Å². The molecule has 2 N–H and O–H groups in total. The Labute approximate surface area is 291 Å². The van der Waals surface area contributed by atoms with Gasteiger partial charge >= 0.3 is 6.09 Å². The van der Waals surface area contributed by atoms with Gasteiger partial charge in [-0.05, 0) is 61.8 Å². The van der Waals surface area contributed by atoms with Crippen LogP contribution in [0.2, 0.25) is 18.1 Å². The minimum atomic E-state index is -1.93. The molecule has 262 valence electrons. The molecule has 5 atom stereocenters. The Morgan fingerprint density at radius 3 is 2.35 bits per heavy atom. The van der Waals surface area contributed by atoms with Crippen LogP contribution in [-0.2, 0) is 31.7 Å². The first kappa shape index (κ1) is 35.1. The number of epoxide rings is 1. The number of aryl methyl sites for hydroxylation is 1. The number of amides is 2. The fourth-order valence-corrected chi connectivity index (χ4v) is 7.75. The Hall–Kier alpha value is -3.70. The number of carbonyl (C=O) groups excluding carboxylic acids is 2. The van der Waals surface area contributed by atoms with Crippen molar-refractivity contribution in [2.45, 2.75) is 109 Å². The molecule has 6 rings (SSSR count). The summed E-state index contributed by atoms with van der Waals surface area (Å²) < 4.78 is 24.1. The number of benzene rings is 3. The number of nitrogens with zero attached hydrogens (tertiary/aromatic N) is 1. The van der Waals surface area contributed by atoms with Gasteiger partial charge in [-0.1, -0.05) is 69.3 Å². The van der Waals surface area contributed by atoms with Gasteiger partial charge in [0.15, 0.2) is 8.32 Å². The number of morpholine rings is 1. The van der Waals surface area contributed by atoms with Crippen LogP contribution < -0.4 is 15.4 Å². The second-order valence-corrected chi connectivity index (χ2v) is 19.9. The normalized spacial score (nSPS) is 23.0. The zero-order chi connectivity index (χ0) is 34.9. The van der Waals surface area contributed by atoms with Crippen molar-refractivity contribution in [3.8, 4) is 16.9 Å². The van der Waals surface area contributed by atoms with Gasteiger partial charge in [0, 0.05) is 54.2 Å². The fourth-order valence-electron chi connectivity index (χ4n) is 6.80. The van der Waals surface area contributed by atoms with E-state index < -0.39 is 14.4 Å². The smallest absolute Gasteiger partial charge is 0.411 e. The summed E-state index contributed by atoms with van der Waals surface area (Å²) in [4.78, 5) is 28.7. The molecule has 10 heteroatoms. The van der Waals surface area contributed by atoms with Crippen LogP contribution in [0.25, 0.3) is 11.1 Å². The summed E-state index contributed by atoms with van der Waals surface area (Å²) in [6, 6.07) is 22.3. The standard InChI is InChI=1S/C39H51N3O6Si/c1-8-45-34-21-28(17-16-27(34)24-46-49(6,7)39(2,3)4)40-35(43)19-15-25-14-18-30(26-12-10-9-11-13-26)31(20-25)41-38(44)47-29-22-32-36-37(48-36)33(23-29)42(32)5/h9-14,16-18,20-21,29,32-33,36-37H,8,15,19,22-24H2,1-7H3,(H,40,43)(H,41,44)/t29?,32-,33+,36-,37+. The minimum Gasteiger partial charge on any atom is -0.493 e. The monoisotopic (exact) mass is 685 g/mol. The predicted octanol–water partition coefficient (Wildman–Crippen LogP) is 8.01. The van der Waals surface area contributed by atoms with Gasteiger partial charge in [-0.3, -0.25) is 15.0 Å². The highest BCUT2D eigenvalue weighted by Crippen LogP contribution is 2.48. The summed E-state index contributed by atoms with van der Waals surface area (Å²) in [5.41, 5.74) is 5.13. The van der Waals surface area contributed by atoms with E-state index in [4.69, 9.17) is 18.6 Å². The first-order chi connectivity index (χ1) is 23.3. The average molecular weight is 686 g/mol. The van der Waals surface area contributed by atoms with Gasteiger partial charge in [-0.15, -0.1) is 0 Å². The Morgan fingerprint density at radius 1 is 0.959 bits per heavy atom. The molecule has 1 unspecified atom stereocenters. The summed E-state index contributed by atoms with van der Waals surface area (Å²) in [7, 11) is 0.209. The van der Waals surface area contributed by atoms with E-state index in [1.165, 1.54) is 0 Å². The van der Waals surface area contributed by atoms with Crippen molar-refractivity contribution in [2.24, 2.45) is 0 Å². The molecule has 0 radical (unpaired) electrons. The van der Waals surface area contributed by atoms with Crippen LogP contribution in [-0.4, -0.2) is 69.3 Å². The number of ether oxygens (including phenoxy) is 3. The molecule has 3 heterocycles. The average Bonchev–Trinajstić information content (AvgIpc) is 3.82. The second kappa shape index (κ2) is 14.3. The summed E-state index contributed by atoms with van der Waals surface area (Å²) in [5.74, 6) is 0.615. The van der Waals surface area contributed by atoms with Gasteiger partial charge in [0.25, 0.3) is 0 Å². The van der Waals surface area contributed by atoms with Gasteiger partial charge in [-0.2, -0.15) is 0 Å². The van der Waals surface area contributed by atoms with Crippen LogP contribution in [0.15, 0.2) is 66.7 Å². The van der Waals surface area contributed by atoms with Crippen molar-refractivity contribution in [1.29, 1.82) is 0 Å². The fraction of sp³-hybridized carbons (Fsp3) is 0.487. The Kier molecular flexibility index (Phi) is 10.2. The third kappa shape index (κ3) is 8.04. The molecule has 3 saturated heterocycles. The zero-order valence-electron chi connectivity index (χ0n) is 29.9. The molecule has 9 nitrogen and oxygen atoms in total. The highest BCUT2D eigenvalue weighted by atomic mass is 28.4. The highest BCUT2D eigenvalue weighted by molar-refractivity contribution is 6.74. The molecule has 0 spiro atoms. The molecule has 0 aromatic heterocycles. The minimum absolute atomic E-state index is 0.104. The van der Waals surface area contributed by atoms with E-state index in [9.17, 15) is 9.59 Å². The lowest BCUT2D eigenvalue weighted by atomic mass is 9.99. The molecule has 49 heavy (non-hydrogen) atoms. The van der Waals surface area contributed by atoms with E-state index >= 15 is 0 Å². The van der Waals surface area contributed by atoms with E-state index in [1.807, 2.05) is 73.7 Å². The molecule has 3 aliphatic heterocycles. The molecule has 0 saturated carbocycles. The topological polar surface area (TPSA) is 102 Å². The number of hydrogen-bond donors (Lipinski definition) is 2. The summed E-state index contributed by atoms with van der Waals surface area (Å²) in [6.07, 6.45) is 2.30. The molecular formula is C39H51N3O6Si. The lowest BCUT2D eigenvalue weighted by molar-refractivity contribution is -0.116. The first-order valence-corrected chi connectivity index (χ1v) is 20.5. The maximum absolute atomic E-state index is 13.2. The molecule has 3 aliphatic rings. The molecule has 3 aromatic rings. The number of hydrogen-bond acceptors (Lipinski definition) is 7. The van der Waals surface area contributed by atoms with E-state index in [2.05, 4.69) is 56.4 Å². The molecule has 3 fully saturated rings. The van der Waals surface area contributed by atoms with Crippen molar-refractivity contribution in [2.75, 3.05) is 24.3 Å². The Morgan fingerprint density at radius 2 is 1.67 bits per heavy atom. The molecular weight excluding hydrogens is 635 g/mol. The largest absolute Gasteiger partial charge is 0.493 e. The summed E-state index contributed by atoms with van der Waals surface area (Å²) in [6.45, 7) is 14.1. The number of likely N-dealkylation sites (N-methyl/N-ethyl adjacent to an activating group) is 1. The van der Waals surface area contributed by atoms with Crippen LogP contribution in [0.5, 0.6) is 5.75 Å². The van der Waals surface area contributed by atoms with Crippen LogP contribution in [0.3, 0.4) is 0 Å². The van der Waals surface area contributed by atoms with Gasteiger partial charge < -0.3 is 24.0 Å². The first-order valence-electron chi connectivity index (χ1n) is 17.6. The zero-order valence-corrected chi connectivity index (χ0v) is 30.9. The summed E-state index contributed by atoms with van der Waals surface area (Å²) >= 11 is 0. The lowest BCUT2D eigenvalue weighted by Crippen LogP contribution is -2.48.